The maximum atomic E-state index is 11.2. The van der Waals surface area contributed by atoms with Crippen LogP contribution in [0.1, 0.15) is 243 Å². The van der Waals surface area contributed by atoms with Crippen molar-refractivity contribution >= 4 is 76.2 Å². The second kappa shape index (κ2) is 14.7. The zero-order valence-corrected chi connectivity index (χ0v) is 46.1. The molecular weight excluding hydrogens is 849 g/mol. The highest BCUT2D eigenvalue weighted by Gasteiger charge is 2.48. The van der Waals surface area contributed by atoms with Gasteiger partial charge >= 0.3 is 0 Å². The Morgan fingerprint density at radius 2 is 0.729 bits per heavy atom. The third-order valence-electron chi connectivity index (χ3n) is 20.0. The largest absolute Gasteiger partial charge is 0.308 e. The molecule has 0 saturated carbocycles. The van der Waals surface area contributed by atoms with E-state index >= 15 is 0 Å². The lowest BCUT2D eigenvalue weighted by Crippen LogP contribution is -2.23. The van der Waals surface area contributed by atoms with Crippen LogP contribution in [0.3, 0.4) is 0 Å². The van der Waals surface area contributed by atoms with Gasteiger partial charge in [0.15, 0.2) is 0 Å². The molecule has 0 saturated heterocycles. The fraction of sp³-hybridized carbons (Fsp3) is 0.515. The third kappa shape index (κ3) is 5.48. The summed E-state index contributed by atoms with van der Waals surface area (Å²) >= 11 is 0. The van der Waals surface area contributed by atoms with Gasteiger partial charge in [0.05, 0.1) is 56.4 Å². The number of nitrogens with zero attached hydrogens (tertiary/aromatic N) is 4. The molecule has 0 radical (unpaired) electrons. The standard InChI is InChI=1S/C66H78N4/c1-19-65(20-2,21-3)39-27-41-49-45(25-37(31-67)53-55(49)63(15,16)33-61(53,11)12)69-57(41)43(29-39)51-47(35(7)8)60-52(48(36(9)10)59(51)69)44-30-40(66(22-4,23-5)24-6)28-42-50-46(70(60)58(42)44)26-38(32-68)54-56(50)64(17,18)34-62(54,13)14/h25-30,35-36H,19-24,33-34H2,1-18H3. The van der Waals surface area contributed by atoms with Crippen molar-refractivity contribution in [3.05, 3.63) is 92.0 Å². The van der Waals surface area contributed by atoms with Gasteiger partial charge in [-0.05, 0) is 177 Å². The van der Waals surface area contributed by atoms with E-state index in [9.17, 15) is 10.5 Å². The fourth-order valence-electron chi connectivity index (χ4n) is 17.2. The molecule has 4 heterocycles. The summed E-state index contributed by atoms with van der Waals surface area (Å²) in [4.78, 5) is 0. The van der Waals surface area contributed by atoms with Gasteiger partial charge in [-0.3, -0.25) is 0 Å². The van der Waals surface area contributed by atoms with E-state index in [0.717, 1.165) is 62.5 Å². The maximum Gasteiger partial charge on any atom is 0.0995 e. The van der Waals surface area contributed by atoms with Crippen molar-refractivity contribution in [2.75, 3.05) is 0 Å². The van der Waals surface area contributed by atoms with Crippen LogP contribution in [-0.2, 0) is 32.5 Å². The molecule has 0 atom stereocenters. The molecule has 5 aromatic carbocycles. The second-order valence-electron chi connectivity index (χ2n) is 26.0. The molecule has 0 aliphatic heterocycles. The average molecular weight is 927 g/mol. The number of benzene rings is 5. The van der Waals surface area contributed by atoms with Crippen molar-refractivity contribution in [3.8, 4) is 12.1 Å². The van der Waals surface area contributed by atoms with Crippen molar-refractivity contribution in [1.82, 2.24) is 8.80 Å². The van der Waals surface area contributed by atoms with Gasteiger partial charge in [-0.15, -0.1) is 0 Å². The highest BCUT2D eigenvalue weighted by atomic mass is 15.0. The molecule has 9 aromatic rings. The quantitative estimate of drug-likeness (QED) is 0.137. The summed E-state index contributed by atoms with van der Waals surface area (Å²) in [7, 11) is 0. The van der Waals surface area contributed by atoms with Gasteiger partial charge in [-0.1, -0.05) is 125 Å². The van der Waals surface area contributed by atoms with Gasteiger partial charge < -0.3 is 8.80 Å². The Hall–Kier alpha value is -5.32. The maximum absolute atomic E-state index is 11.2. The van der Waals surface area contributed by atoms with Gasteiger partial charge in [0.2, 0.25) is 0 Å². The lowest BCUT2D eigenvalue weighted by Gasteiger charge is -2.32. The molecule has 11 rings (SSSR count). The van der Waals surface area contributed by atoms with Gasteiger partial charge in [0.25, 0.3) is 0 Å². The van der Waals surface area contributed by atoms with E-state index in [4.69, 9.17) is 0 Å². The van der Waals surface area contributed by atoms with Crippen LogP contribution in [-0.4, -0.2) is 8.80 Å². The molecule has 0 unspecified atom stereocenters. The first-order chi connectivity index (χ1) is 32.9. The van der Waals surface area contributed by atoms with Crippen LogP contribution in [0, 0.1) is 22.7 Å². The number of rotatable bonds is 10. The van der Waals surface area contributed by atoms with Crippen LogP contribution in [0.4, 0.5) is 0 Å². The van der Waals surface area contributed by atoms with Crippen LogP contribution in [0.15, 0.2) is 36.4 Å². The Bertz CT molecular complexity index is 3540. The summed E-state index contributed by atoms with van der Waals surface area (Å²) in [5.41, 5.74) is 19.8. The molecule has 0 bridgehead atoms. The molecular formula is C66H78N4. The van der Waals surface area contributed by atoms with E-state index in [1.165, 1.54) is 121 Å². The van der Waals surface area contributed by atoms with E-state index in [2.05, 4.69) is 182 Å². The van der Waals surface area contributed by atoms with E-state index in [-0.39, 0.29) is 44.3 Å². The zero-order chi connectivity index (χ0) is 50.5. The van der Waals surface area contributed by atoms with E-state index in [1.807, 2.05) is 0 Å². The summed E-state index contributed by atoms with van der Waals surface area (Å²) in [6, 6.07) is 20.7. The molecule has 2 aliphatic carbocycles. The third-order valence-corrected chi connectivity index (χ3v) is 20.0. The van der Waals surface area contributed by atoms with Crippen molar-refractivity contribution in [2.45, 2.75) is 220 Å². The van der Waals surface area contributed by atoms with Gasteiger partial charge in [-0.2, -0.15) is 10.5 Å². The first kappa shape index (κ1) is 47.0. The number of hydrogen-bond acceptors (Lipinski definition) is 2. The van der Waals surface area contributed by atoms with Crippen LogP contribution < -0.4 is 0 Å². The first-order valence-electron chi connectivity index (χ1n) is 27.4. The van der Waals surface area contributed by atoms with Crippen molar-refractivity contribution in [1.29, 1.82) is 10.5 Å². The van der Waals surface area contributed by atoms with E-state index in [0.29, 0.717) is 0 Å². The summed E-state index contributed by atoms with van der Waals surface area (Å²) in [6.45, 7) is 43.3. The summed E-state index contributed by atoms with van der Waals surface area (Å²) < 4.78 is 5.36. The molecule has 4 aromatic heterocycles. The Morgan fingerprint density at radius 3 is 1.00 bits per heavy atom. The fourth-order valence-corrected chi connectivity index (χ4v) is 17.2. The van der Waals surface area contributed by atoms with Crippen LogP contribution in [0.5, 0.6) is 0 Å². The lowest BCUT2D eigenvalue weighted by atomic mass is 9.72. The lowest BCUT2D eigenvalue weighted by molar-refractivity contribution is 0.382. The normalized spacial score (nSPS) is 17.6. The molecule has 0 spiro atoms. The van der Waals surface area contributed by atoms with Crippen LogP contribution in [0.2, 0.25) is 0 Å². The molecule has 362 valence electrons. The zero-order valence-electron chi connectivity index (χ0n) is 46.1. The first-order valence-corrected chi connectivity index (χ1v) is 27.4. The Kier molecular flexibility index (Phi) is 9.84. The van der Waals surface area contributed by atoms with Crippen LogP contribution in [0.25, 0.3) is 76.2 Å². The van der Waals surface area contributed by atoms with Gasteiger partial charge in [-0.25, -0.2) is 0 Å². The summed E-state index contributed by atoms with van der Waals surface area (Å²) in [5.74, 6) is 0.348. The predicted octanol–water partition coefficient (Wildman–Crippen LogP) is 18.8. The Labute approximate surface area is 418 Å². The smallest absolute Gasteiger partial charge is 0.0995 e. The predicted molar refractivity (Wildman–Crippen MR) is 300 cm³/mol. The topological polar surface area (TPSA) is 56.4 Å². The van der Waals surface area contributed by atoms with Crippen molar-refractivity contribution in [3.63, 3.8) is 0 Å². The highest BCUT2D eigenvalue weighted by Crippen LogP contribution is 2.60. The number of aromatic nitrogens is 2. The molecule has 70 heavy (non-hydrogen) atoms. The summed E-state index contributed by atoms with van der Waals surface area (Å²) in [6.07, 6.45) is 8.44. The average Bonchev–Trinajstić information content (AvgIpc) is 4.09. The highest BCUT2D eigenvalue weighted by molar-refractivity contribution is 6.32. The Balaban J connectivity index is 1.51. The van der Waals surface area contributed by atoms with Crippen LogP contribution >= 0.6 is 0 Å². The molecule has 2 aliphatic rings. The molecule has 0 fully saturated rings. The second-order valence-corrected chi connectivity index (χ2v) is 26.0. The minimum Gasteiger partial charge on any atom is -0.308 e. The van der Waals surface area contributed by atoms with Gasteiger partial charge in [0, 0.05) is 43.1 Å². The van der Waals surface area contributed by atoms with Crippen molar-refractivity contribution in [2.24, 2.45) is 0 Å². The minimum atomic E-state index is -0.127. The molecule has 0 amide bonds. The minimum absolute atomic E-state index is 0.0242. The number of fused-ring (bicyclic) bond motifs is 16. The monoisotopic (exact) mass is 927 g/mol. The number of nitriles is 2. The summed E-state index contributed by atoms with van der Waals surface area (Å²) in [5, 5.41) is 33.3. The Morgan fingerprint density at radius 1 is 0.443 bits per heavy atom. The van der Waals surface area contributed by atoms with Crippen molar-refractivity contribution < 1.29 is 0 Å². The van der Waals surface area contributed by atoms with E-state index in [1.54, 1.807) is 0 Å². The molecule has 4 heteroatoms. The number of hydrogen-bond donors (Lipinski definition) is 0. The van der Waals surface area contributed by atoms with Gasteiger partial charge in [0.1, 0.15) is 0 Å². The van der Waals surface area contributed by atoms with E-state index < -0.39 is 0 Å². The SMILES string of the molecule is CCC(CC)(CC)c1cc2c3c4c(c(C#N)cc3n3c5c(C(C)C)c6c7cc(C(CC)(CC)CC)cc8c9c%10c(c(C#N)cc9n(c6c(C(C)C)c5c(c1)c23)c87)C(C)(C)CC%10(C)C)C(C)(C)CC4(C)C. The molecule has 0 N–H and O–H groups in total. The molecule has 4 nitrogen and oxygen atoms in total.